The molecule has 0 atom stereocenters. The summed E-state index contributed by atoms with van der Waals surface area (Å²) in [6, 6.07) is 13.3. The summed E-state index contributed by atoms with van der Waals surface area (Å²) in [4.78, 5) is 29.4. The van der Waals surface area contributed by atoms with E-state index in [1.54, 1.807) is 13.2 Å². The van der Waals surface area contributed by atoms with Crippen LogP contribution in [-0.2, 0) is 22.6 Å². The van der Waals surface area contributed by atoms with E-state index in [0.717, 1.165) is 35.3 Å². The number of rotatable bonds is 8. The number of para-hydroxylation sites is 2. The fraction of sp³-hybridized carbons (Fsp3) is 0.318. The average molecular weight is 394 g/mol. The molecule has 0 bridgehead atoms. The Kier molecular flexibility index (Phi) is 6.49. The minimum Gasteiger partial charge on any atom is -0.495 e. The van der Waals surface area contributed by atoms with Crippen molar-refractivity contribution in [3.8, 4) is 5.75 Å². The van der Waals surface area contributed by atoms with Gasteiger partial charge >= 0.3 is 0 Å². The van der Waals surface area contributed by atoms with E-state index in [0.29, 0.717) is 11.4 Å². The van der Waals surface area contributed by atoms with Crippen molar-refractivity contribution in [1.29, 1.82) is 0 Å². The molecule has 29 heavy (non-hydrogen) atoms. The van der Waals surface area contributed by atoms with Crippen LogP contribution in [0.1, 0.15) is 24.7 Å². The summed E-state index contributed by atoms with van der Waals surface area (Å²) in [6.07, 6.45) is 1.72. The van der Waals surface area contributed by atoms with Crippen molar-refractivity contribution < 1.29 is 14.3 Å². The Labute approximate surface area is 170 Å². The van der Waals surface area contributed by atoms with Gasteiger partial charge in [-0.25, -0.2) is 4.98 Å². The first kappa shape index (κ1) is 20.4. The summed E-state index contributed by atoms with van der Waals surface area (Å²) in [6.45, 7) is 4.01. The Morgan fingerprint density at radius 3 is 2.69 bits per heavy atom. The van der Waals surface area contributed by atoms with Crippen LogP contribution in [0.25, 0.3) is 11.0 Å². The highest BCUT2D eigenvalue weighted by atomic mass is 16.5. The molecule has 0 aliphatic heterocycles. The molecule has 0 aliphatic carbocycles. The third-order valence-electron chi connectivity index (χ3n) is 4.58. The number of ether oxygens (including phenoxy) is 1. The van der Waals surface area contributed by atoms with Crippen molar-refractivity contribution in [2.24, 2.45) is 0 Å². The maximum Gasteiger partial charge on any atom is 0.243 e. The smallest absolute Gasteiger partial charge is 0.243 e. The van der Waals surface area contributed by atoms with E-state index in [4.69, 9.17) is 4.74 Å². The first-order valence-electron chi connectivity index (χ1n) is 9.67. The summed E-state index contributed by atoms with van der Waals surface area (Å²) in [5, 5.41) is 5.47. The van der Waals surface area contributed by atoms with Crippen LogP contribution in [0.2, 0.25) is 0 Å². The van der Waals surface area contributed by atoms with Gasteiger partial charge in [-0.15, -0.1) is 0 Å². The molecule has 1 aromatic heterocycles. The molecular weight excluding hydrogens is 368 g/mol. The molecule has 0 unspecified atom stereocenters. The summed E-state index contributed by atoms with van der Waals surface area (Å²) in [5.41, 5.74) is 3.37. The van der Waals surface area contributed by atoms with E-state index >= 15 is 0 Å². The number of carbonyl (C=O) groups excluding carboxylic acids is 2. The molecule has 1 heterocycles. The van der Waals surface area contributed by atoms with Crippen molar-refractivity contribution in [3.63, 3.8) is 0 Å². The first-order valence-corrected chi connectivity index (χ1v) is 9.67. The molecule has 152 valence electrons. The molecule has 0 saturated carbocycles. The van der Waals surface area contributed by atoms with E-state index in [1.807, 2.05) is 47.9 Å². The third-order valence-corrected chi connectivity index (χ3v) is 4.58. The van der Waals surface area contributed by atoms with Gasteiger partial charge in [0.15, 0.2) is 0 Å². The van der Waals surface area contributed by atoms with Crippen molar-refractivity contribution in [2.75, 3.05) is 19.0 Å². The second-order valence-electron chi connectivity index (χ2n) is 6.88. The highest BCUT2D eigenvalue weighted by molar-refractivity contribution is 5.95. The quantitative estimate of drug-likeness (QED) is 0.615. The lowest BCUT2D eigenvalue weighted by atomic mass is 10.2. The van der Waals surface area contributed by atoms with Crippen LogP contribution >= 0.6 is 0 Å². The number of anilines is 1. The van der Waals surface area contributed by atoms with Crippen molar-refractivity contribution in [3.05, 3.63) is 53.9 Å². The molecule has 2 amide bonds. The largest absolute Gasteiger partial charge is 0.495 e. The van der Waals surface area contributed by atoms with Crippen LogP contribution in [0.4, 0.5) is 5.69 Å². The number of carbonyl (C=O) groups is 2. The maximum atomic E-state index is 12.5. The van der Waals surface area contributed by atoms with Gasteiger partial charge in [0.25, 0.3) is 0 Å². The minimum atomic E-state index is -0.313. The van der Waals surface area contributed by atoms with Gasteiger partial charge in [0.1, 0.15) is 18.1 Å². The van der Waals surface area contributed by atoms with Crippen LogP contribution in [0.15, 0.2) is 42.5 Å². The molecule has 0 fully saturated rings. The lowest BCUT2D eigenvalue weighted by molar-refractivity contribution is -0.124. The SMILES string of the molecule is CCCc1nc2ccccc2n1CC(=O)NCC(=O)Nc1cc(C)ccc1OC. The molecule has 7 nitrogen and oxygen atoms in total. The Hall–Kier alpha value is -3.35. The average Bonchev–Trinajstić information content (AvgIpc) is 3.04. The van der Waals surface area contributed by atoms with Gasteiger partial charge < -0.3 is 19.9 Å². The van der Waals surface area contributed by atoms with Gasteiger partial charge in [-0.1, -0.05) is 25.1 Å². The number of nitrogens with zero attached hydrogens (tertiary/aromatic N) is 2. The normalized spacial score (nSPS) is 10.7. The number of aromatic nitrogens is 2. The molecule has 0 aliphatic rings. The predicted octanol–water partition coefficient (Wildman–Crippen LogP) is 3.06. The lowest BCUT2D eigenvalue weighted by Gasteiger charge is -2.12. The molecule has 7 heteroatoms. The number of benzene rings is 2. The van der Waals surface area contributed by atoms with Crippen molar-refractivity contribution >= 4 is 28.5 Å². The zero-order chi connectivity index (χ0) is 20.8. The van der Waals surface area contributed by atoms with Crippen LogP contribution in [-0.4, -0.2) is 35.0 Å². The Morgan fingerprint density at radius 2 is 1.93 bits per heavy atom. The molecule has 0 saturated heterocycles. The number of fused-ring (bicyclic) bond motifs is 1. The molecule has 0 spiro atoms. The number of imidazole rings is 1. The van der Waals surface area contributed by atoms with Crippen LogP contribution in [0.3, 0.4) is 0 Å². The van der Waals surface area contributed by atoms with E-state index in [9.17, 15) is 9.59 Å². The van der Waals surface area contributed by atoms with Crippen LogP contribution in [0.5, 0.6) is 5.75 Å². The topological polar surface area (TPSA) is 85.2 Å². The zero-order valence-electron chi connectivity index (χ0n) is 17.0. The van der Waals surface area contributed by atoms with E-state index < -0.39 is 0 Å². The van der Waals surface area contributed by atoms with E-state index in [1.165, 1.54) is 0 Å². The Balaban J connectivity index is 1.63. The van der Waals surface area contributed by atoms with Crippen molar-refractivity contribution in [2.45, 2.75) is 33.2 Å². The van der Waals surface area contributed by atoms with Gasteiger partial charge in [0.05, 0.1) is 30.4 Å². The van der Waals surface area contributed by atoms with Gasteiger partial charge in [0, 0.05) is 6.42 Å². The number of nitrogens with one attached hydrogen (secondary N) is 2. The minimum absolute atomic E-state index is 0.119. The second kappa shape index (κ2) is 9.23. The fourth-order valence-electron chi connectivity index (χ4n) is 3.21. The molecule has 2 aromatic carbocycles. The summed E-state index contributed by atoms with van der Waals surface area (Å²) in [7, 11) is 1.55. The van der Waals surface area contributed by atoms with Gasteiger partial charge in [-0.2, -0.15) is 0 Å². The Bertz CT molecular complexity index is 1030. The standard InChI is InChI=1S/C22H26N4O3/c1-4-7-20-24-16-8-5-6-9-18(16)26(20)14-22(28)23-13-21(27)25-17-12-15(2)10-11-19(17)29-3/h5-6,8-12H,4,7,13-14H2,1-3H3,(H,23,28)(H,25,27). The Morgan fingerprint density at radius 1 is 1.14 bits per heavy atom. The van der Waals surface area contributed by atoms with Gasteiger partial charge in [-0.3, -0.25) is 9.59 Å². The van der Waals surface area contributed by atoms with Gasteiger partial charge in [-0.05, 0) is 43.2 Å². The monoisotopic (exact) mass is 394 g/mol. The molecule has 3 rings (SSSR count). The maximum absolute atomic E-state index is 12.5. The fourth-order valence-corrected chi connectivity index (χ4v) is 3.21. The number of aryl methyl sites for hydroxylation is 2. The molecule has 3 aromatic rings. The number of hydrogen-bond acceptors (Lipinski definition) is 4. The predicted molar refractivity (Wildman–Crippen MR) is 113 cm³/mol. The molecular formula is C22H26N4O3. The summed E-state index contributed by atoms with van der Waals surface area (Å²) < 4.78 is 7.17. The number of amides is 2. The molecule has 2 N–H and O–H groups in total. The zero-order valence-corrected chi connectivity index (χ0v) is 17.0. The molecule has 0 radical (unpaired) electrons. The van der Waals surface area contributed by atoms with Crippen LogP contribution in [0, 0.1) is 6.92 Å². The summed E-state index contributed by atoms with van der Waals surface area (Å²) >= 11 is 0. The van der Waals surface area contributed by atoms with E-state index in [2.05, 4.69) is 22.5 Å². The summed E-state index contributed by atoms with van der Waals surface area (Å²) in [5.74, 6) is 0.894. The van der Waals surface area contributed by atoms with Gasteiger partial charge in [0.2, 0.25) is 11.8 Å². The van der Waals surface area contributed by atoms with Crippen molar-refractivity contribution in [1.82, 2.24) is 14.9 Å². The highest BCUT2D eigenvalue weighted by Crippen LogP contribution is 2.25. The third kappa shape index (κ3) is 4.93. The first-order chi connectivity index (χ1) is 14.0. The lowest BCUT2D eigenvalue weighted by Crippen LogP contribution is -2.35. The van der Waals surface area contributed by atoms with E-state index in [-0.39, 0.29) is 24.9 Å². The number of methoxy groups -OCH3 is 1. The van der Waals surface area contributed by atoms with Crippen LogP contribution < -0.4 is 15.4 Å². The second-order valence-corrected chi connectivity index (χ2v) is 6.88. The highest BCUT2D eigenvalue weighted by Gasteiger charge is 2.14. The number of hydrogen-bond donors (Lipinski definition) is 2.